The molecule has 104 valence electrons. The first-order valence-electron chi connectivity index (χ1n) is 6.32. The Morgan fingerprint density at radius 3 is 2.47 bits per heavy atom. The maximum Gasteiger partial charge on any atom is 0.237 e. The average molecular weight is 263 g/mol. The van der Waals surface area contributed by atoms with Gasteiger partial charge in [0.1, 0.15) is 0 Å². The molecule has 1 aromatic carbocycles. The number of amides is 1. The molecule has 0 fully saturated rings. The van der Waals surface area contributed by atoms with Crippen LogP contribution in [0.5, 0.6) is 0 Å². The lowest BCUT2D eigenvalue weighted by Gasteiger charge is -2.23. The SMILES string of the molecule is CCCC(C(=O)N(C)c1ccc(C)cc1)C(N)=NO. The van der Waals surface area contributed by atoms with Gasteiger partial charge in [0.2, 0.25) is 5.91 Å². The molecule has 0 aliphatic heterocycles. The Balaban J connectivity index is 2.93. The summed E-state index contributed by atoms with van der Waals surface area (Å²) in [7, 11) is 1.69. The van der Waals surface area contributed by atoms with Crippen LogP contribution in [0.15, 0.2) is 29.4 Å². The predicted molar refractivity (Wildman–Crippen MR) is 76.4 cm³/mol. The van der Waals surface area contributed by atoms with Gasteiger partial charge in [-0.1, -0.05) is 36.2 Å². The Morgan fingerprint density at radius 2 is 2.00 bits per heavy atom. The van der Waals surface area contributed by atoms with Gasteiger partial charge in [0.15, 0.2) is 5.84 Å². The zero-order valence-electron chi connectivity index (χ0n) is 11.6. The topological polar surface area (TPSA) is 78.9 Å². The summed E-state index contributed by atoms with van der Waals surface area (Å²) in [5, 5.41) is 11.7. The summed E-state index contributed by atoms with van der Waals surface area (Å²) in [4.78, 5) is 13.9. The molecule has 0 aliphatic carbocycles. The molecule has 1 atom stereocenters. The second-order valence-electron chi connectivity index (χ2n) is 4.60. The number of nitrogens with two attached hydrogens (primary N) is 1. The lowest BCUT2D eigenvalue weighted by molar-refractivity contribution is -0.120. The van der Waals surface area contributed by atoms with Gasteiger partial charge in [-0.05, 0) is 25.5 Å². The molecule has 5 nitrogen and oxygen atoms in total. The molecule has 0 bridgehead atoms. The quantitative estimate of drug-likeness (QED) is 0.369. The van der Waals surface area contributed by atoms with Crippen molar-refractivity contribution >= 4 is 17.4 Å². The van der Waals surface area contributed by atoms with Crippen LogP contribution in [0, 0.1) is 12.8 Å². The van der Waals surface area contributed by atoms with Crippen LogP contribution in [-0.2, 0) is 4.79 Å². The van der Waals surface area contributed by atoms with Crippen LogP contribution in [0.4, 0.5) is 5.69 Å². The minimum absolute atomic E-state index is 0.0363. The van der Waals surface area contributed by atoms with Crippen LogP contribution in [0.3, 0.4) is 0 Å². The second-order valence-corrected chi connectivity index (χ2v) is 4.60. The van der Waals surface area contributed by atoms with Crippen LogP contribution in [-0.4, -0.2) is 24.0 Å². The maximum absolute atomic E-state index is 12.4. The van der Waals surface area contributed by atoms with Crippen LogP contribution >= 0.6 is 0 Å². The highest BCUT2D eigenvalue weighted by molar-refractivity contribution is 6.08. The van der Waals surface area contributed by atoms with E-state index < -0.39 is 5.92 Å². The number of aryl methyl sites for hydroxylation is 1. The standard InChI is InChI=1S/C14H21N3O2/c1-4-5-12(13(15)16-19)14(18)17(3)11-8-6-10(2)7-9-11/h6-9,12,19H,4-5H2,1-3H3,(H2,15,16). The van der Waals surface area contributed by atoms with Gasteiger partial charge in [0.05, 0.1) is 5.92 Å². The van der Waals surface area contributed by atoms with E-state index in [-0.39, 0.29) is 11.7 Å². The number of benzene rings is 1. The number of hydrogen-bond donors (Lipinski definition) is 2. The third-order valence-electron chi connectivity index (χ3n) is 3.10. The number of rotatable bonds is 5. The van der Waals surface area contributed by atoms with Crippen molar-refractivity contribution in [2.75, 3.05) is 11.9 Å². The van der Waals surface area contributed by atoms with Crippen molar-refractivity contribution in [3.63, 3.8) is 0 Å². The van der Waals surface area contributed by atoms with E-state index in [0.29, 0.717) is 6.42 Å². The highest BCUT2D eigenvalue weighted by Gasteiger charge is 2.26. The third-order valence-corrected chi connectivity index (χ3v) is 3.10. The summed E-state index contributed by atoms with van der Waals surface area (Å²) in [6.45, 7) is 3.94. The molecule has 5 heteroatoms. The molecular formula is C14H21N3O2. The molecule has 1 aromatic rings. The van der Waals surface area contributed by atoms with Crippen LogP contribution < -0.4 is 10.6 Å². The summed E-state index contributed by atoms with van der Waals surface area (Å²) in [6, 6.07) is 7.64. The number of carbonyl (C=O) groups is 1. The van der Waals surface area contributed by atoms with E-state index in [1.807, 2.05) is 38.1 Å². The largest absolute Gasteiger partial charge is 0.409 e. The van der Waals surface area contributed by atoms with Crippen molar-refractivity contribution < 1.29 is 10.0 Å². The fourth-order valence-electron chi connectivity index (χ4n) is 1.89. The molecule has 1 unspecified atom stereocenters. The monoisotopic (exact) mass is 263 g/mol. The zero-order valence-corrected chi connectivity index (χ0v) is 11.6. The number of nitrogens with zero attached hydrogens (tertiary/aromatic N) is 2. The van der Waals surface area contributed by atoms with E-state index in [1.54, 1.807) is 7.05 Å². The van der Waals surface area contributed by atoms with E-state index in [9.17, 15) is 4.79 Å². The van der Waals surface area contributed by atoms with E-state index in [0.717, 1.165) is 17.7 Å². The molecule has 0 aliphatic rings. The molecular weight excluding hydrogens is 242 g/mol. The van der Waals surface area contributed by atoms with Crippen LogP contribution in [0.2, 0.25) is 0 Å². The van der Waals surface area contributed by atoms with Gasteiger partial charge in [-0.15, -0.1) is 0 Å². The van der Waals surface area contributed by atoms with Gasteiger partial charge in [0, 0.05) is 12.7 Å². The fraction of sp³-hybridized carbons (Fsp3) is 0.429. The van der Waals surface area contributed by atoms with Crippen molar-refractivity contribution in [1.29, 1.82) is 0 Å². The molecule has 19 heavy (non-hydrogen) atoms. The average Bonchev–Trinajstić information content (AvgIpc) is 2.43. The smallest absolute Gasteiger partial charge is 0.237 e. The summed E-state index contributed by atoms with van der Waals surface area (Å²) < 4.78 is 0. The number of anilines is 1. The Bertz CT molecular complexity index is 454. The highest BCUT2D eigenvalue weighted by Crippen LogP contribution is 2.18. The number of carbonyl (C=O) groups excluding carboxylic acids is 1. The second kappa shape index (κ2) is 6.78. The molecule has 0 saturated heterocycles. The molecule has 1 rings (SSSR count). The lowest BCUT2D eigenvalue weighted by Crippen LogP contribution is -2.40. The first-order chi connectivity index (χ1) is 9.01. The van der Waals surface area contributed by atoms with Crippen LogP contribution in [0.25, 0.3) is 0 Å². The highest BCUT2D eigenvalue weighted by atomic mass is 16.4. The van der Waals surface area contributed by atoms with Crippen molar-refractivity contribution in [3.8, 4) is 0 Å². The summed E-state index contributed by atoms with van der Waals surface area (Å²) in [5.74, 6) is -0.784. The maximum atomic E-state index is 12.4. The minimum Gasteiger partial charge on any atom is -0.409 e. The Morgan fingerprint density at radius 1 is 1.42 bits per heavy atom. The molecule has 0 aromatic heterocycles. The summed E-state index contributed by atoms with van der Waals surface area (Å²) >= 11 is 0. The van der Waals surface area contributed by atoms with Gasteiger partial charge in [-0.2, -0.15) is 0 Å². The van der Waals surface area contributed by atoms with E-state index in [2.05, 4.69) is 5.16 Å². The normalized spacial score (nSPS) is 13.1. The van der Waals surface area contributed by atoms with Gasteiger partial charge >= 0.3 is 0 Å². The van der Waals surface area contributed by atoms with Crippen molar-refractivity contribution in [2.45, 2.75) is 26.7 Å². The first-order valence-corrected chi connectivity index (χ1v) is 6.32. The lowest BCUT2D eigenvalue weighted by atomic mass is 10.0. The predicted octanol–water partition coefficient (Wildman–Crippen LogP) is 2.12. The molecule has 1 amide bonds. The van der Waals surface area contributed by atoms with Crippen molar-refractivity contribution in [3.05, 3.63) is 29.8 Å². The first kappa shape index (κ1) is 15.0. The van der Waals surface area contributed by atoms with E-state index in [4.69, 9.17) is 10.9 Å². The van der Waals surface area contributed by atoms with Crippen LogP contribution in [0.1, 0.15) is 25.3 Å². The number of hydrogen-bond acceptors (Lipinski definition) is 3. The summed E-state index contributed by atoms with van der Waals surface area (Å²) in [6.07, 6.45) is 1.35. The van der Waals surface area contributed by atoms with Crippen molar-refractivity contribution in [1.82, 2.24) is 0 Å². The van der Waals surface area contributed by atoms with Gasteiger partial charge < -0.3 is 15.8 Å². The molecule has 3 N–H and O–H groups in total. The number of amidine groups is 1. The summed E-state index contributed by atoms with van der Waals surface area (Å²) in [5.41, 5.74) is 7.52. The minimum atomic E-state index is -0.582. The third kappa shape index (κ3) is 3.71. The van der Waals surface area contributed by atoms with E-state index >= 15 is 0 Å². The fourth-order valence-corrected chi connectivity index (χ4v) is 1.89. The van der Waals surface area contributed by atoms with E-state index in [1.165, 1.54) is 4.90 Å². The zero-order chi connectivity index (χ0) is 14.4. The molecule has 0 spiro atoms. The molecule has 0 radical (unpaired) electrons. The Labute approximate surface area is 113 Å². The van der Waals surface area contributed by atoms with Gasteiger partial charge in [-0.25, -0.2) is 0 Å². The molecule has 0 heterocycles. The van der Waals surface area contributed by atoms with Gasteiger partial charge in [-0.3, -0.25) is 4.79 Å². The Kier molecular flexibility index (Phi) is 5.36. The number of oxime groups is 1. The van der Waals surface area contributed by atoms with Crippen molar-refractivity contribution in [2.24, 2.45) is 16.8 Å². The van der Waals surface area contributed by atoms with Gasteiger partial charge in [0.25, 0.3) is 0 Å². The Hall–Kier alpha value is -2.04. The molecule has 0 saturated carbocycles.